The zero-order valence-electron chi connectivity index (χ0n) is 12.9. The van der Waals surface area contributed by atoms with E-state index in [9.17, 15) is 9.90 Å². The van der Waals surface area contributed by atoms with Crippen molar-refractivity contribution in [1.29, 1.82) is 0 Å². The van der Waals surface area contributed by atoms with Crippen molar-refractivity contribution in [2.75, 3.05) is 37.6 Å². The standard InChI is InChI=1S/C16H25N3O2/c1-3-17-13(2)12-16(21)19-10-8-18(9-11-19)14-6-4-5-7-15(14)20/h4-7,13,17,20H,3,8-12H2,1-2H3. The second kappa shape index (κ2) is 7.31. The van der Waals surface area contributed by atoms with Gasteiger partial charge in [-0.15, -0.1) is 0 Å². The second-order valence-corrected chi connectivity index (χ2v) is 5.52. The number of piperazine rings is 1. The van der Waals surface area contributed by atoms with Crippen molar-refractivity contribution in [2.24, 2.45) is 0 Å². The van der Waals surface area contributed by atoms with Crippen LogP contribution in [0.3, 0.4) is 0 Å². The Hall–Kier alpha value is -1.75. The van der Waals surface area contributed by atoms with Gasteiger partial charge in [-0.2, -0.15) is 0 Å². The van der Waals surface area contributed by atoms with Crippen LogP contribution in [0.5, 0.6) is 5.75 Å². The molecule has 5 heteroatoms. The number of hydrogen-bond acceptors (Lipinski definition) is 4. The zero-order chi connectivity index (χ0) is 15.2. The highest BCUT2D eigenvalue weighted by atomic mass is 16.3. The van der Waals surface area contributed by atoms with Crippen molar-refractivity contribution in [3.05, 3.63) is 24.3 Å². The number of aromatic hydroxyl groups is 1. The summed E-state index contributed by atoms with van der Waals surface area (Å²) in [5.74, 6) is 0.512. The molecule has 0 aliphatic carbocycles. The Labute approximate surface area is 126 Å². The van der Waals surface area contributed by atoms with Gasteiger partial charge in [-0.05, 0) is 25.6 Å². The van der Waals surface area contributed by atoms with Crippen LogP contribution in [0.15, 0.2) is 24.3 Å². The molecule has 116 valence electrons. The van der Waals surface area contributed by atoms with Crippen LogP contribution in [0.2, 0.25) is 0 Å². The lowest BCUT2D eigenvalue weighted by atomic mass is 10.2. The number of benzene rings is 1. The molecule has 0 aromatic heterocycles. The fraction of sp³-hybridized carbons (Fsp3) is 0.562. The molecule has 1 heterocycles. The van der Waals surface area contributed by atoms with E-state index in [0.717, 1.165) is 25.3 Å². The molecule has 1 saturated heterocycles. The Kier molecular flexibility index (Phi) is 5.44. The fourth-order valence-electron chi connectivity index (χ4n) is 2.74. The summed E-state index contributed by atoms with van der Waals surface area (Å²) in [5.41, 5.74) is 0.852. The first kappa shape index (κ1) is 15.6. The molecule has 2 rings (SSSR count). The van der Waals surface area contributed by atoms with Gasteiger partial charge in [0.2, 0.25) is 5.91 Å². The first-order chi connectivity index (χ1) is 10.1. The quantitative estimate of drug-likeness (QED) is 0.862. The molecule has 0 saturated carbocycles. The monoisotopic (exact) mass is 291 g/mol. The summed E-state index contributed by atoms with van der Waals surface area (Å²) < 4.78 is 0. The predicted octanol–water partition coefficient (Wildman–Crippen LogP) is 1.43. The molecule has 1 atom stereocenters. The number of rotatable bonds is 5. The molecule has 1 aromatic rings. The number of hydrogen-bond donors (Lipinski definition) is 2. The largest absolute Gasteiger partial charge is 0.506 e. The van der Waals surface area contributed by atoms with E-state index in [-0.39, 0.29) is 11.9 Å². The number of phenolic OH excluding ortho intramolecular Hbond substituents is 1. The minimum atomic E-state index is 0.209. The molecular weight excluding hydrogens is 266 g/mol. The molecule has 0 spiro atoms. The summed E-state index contributed by atoms with van der Waals surface area (Å²) in [6.45, 7) is 7.93. The molecular formula is C16H25N3O2. The molecule has 1 aromatic carbocycles. The smallest absolute Gasteiger partial charge is 0.224 e. The van der Waals surface area contributed by atoms with Crippen LogP contribution in [0.4, 0.5) is 5.69 Å². The third kappa shape index (κ3) is 4.11. The van der Waals surface area contributed by atoms with Crippen molar-refractivity contribution >= 4 is 11.6 Å². The van der Waals surface area contributed by atoms with E-state index in [4.69, 9.17) is 0 Å². The maximum atomic E-state index is 12.2. The molecule has 1 amide bonds. The van der Waals surface area contributed by atoms with E-state index >= 15 is 0 Å². The van der Waals surface area contributed by atoms with E-state index in [2.05, 4.69) is 10.2 Å². The molecule has 0 radical (unpaired) electrons. The lowest BCUT2D eigenvalue weighted by molar-refractivity contribution is -0.131. The number of nitrogens with one attached hydrogen (secondary N) is 1. The maximum absolute atomic E-state index is 12.2. The summed E-state index contributed by atoms with van der Waals surface area (Å²) >= 11 is 0. The minimum Gasteiger partial charge on any atom is -0.506 e. The Morgan fingerprint density at radius 1 is 1.29 bits per heavy atom. The van der Waals surface area contributed by atoms with Gasteiger partial charge in [-0.25, -0.2) is 0 Å². The first-order valence-corrected chi connectivity index (χ1v) is 7.66. The van der Waals surface area contributed by atoms with Gasteiger partial charge in [0.15, 0.2) is 0 Å². The average molecular weight is 291 g/mol. The van der Waals surface area contributed by atoms with Crippen LogP contribution in [0.1, 0.15) is 20.3 Å². The maximum Gasteiger partial charge on any atom is 0.224 e. The van der Waals surface area contributed by atoms with Crippen molar-refractivity contribution in [3.8, 4) is 5.75 Å². The fourth-order valence-corrected chi connectivity index (χ4v) is 2.74. The van der Waals surface area contributed by atoms with Crippen molar-refractivity contribution < 1.29 is 9.90 Å². The van der Waals surface area contributed by atoms with Crippen LogP contribution in [-0.2, 0) is 4.79 Å². The summed E-state index contributed by atoms with van der Waals surface area (Å²) in [6, 6.07) is 7.58. The van der Waals surface area contributed by atoms with Crippen LogP contribution in [-0.4, -0.2) is 54.7 Å². The number of carbonyl (C=O) groups excluding carboxylic acids is 1. The summed E-state index contributed by atoms with van der Waals surface area (Å²) in [7, 11) is 0. The Balaban J connectivity index is 1.86. The summed E-state index contributed by atoms with van der Waals surface area (Å²) in [6.07, 6.45) is 0.546. The Bertz CT molecular complexity index is 470. The number of phenols is 1. The number of para-hydroxylation sites is 2. The van der Waals surface area contributed by atoms with E-state index < -0.39 is 0 Å². The lowest BCUT2D eigenvalue weighted by Crippen LogP contribution is -2.49. The predicted molar refractivity (Wildman–Crippen MR) is 84.7 cm³/mol. The highest BCUT2D eigenvalue weighted by Gasteiger charge is 2.23. The molecule has 21 heavy (non-hydrogen) atoms. The van der Waals surface area contributed by atoms with Crippen molar-refractivity contribution in [3.63, 3.8) is 0 Å². The molecule has 1 aliphatic heterocycles. The molecule has 1 aliphatic rings. The van der Waals surface area contributed by atoms with Gasteiger partial charge in [0.05, 0.1) is 5.69 Å². The number of carbonyl (C=O) groups is 1. The van der Waals surface area contributed by atoms with Crippen molar-refractivity contribution in [2.45, 2.75) is 26.3 Å². The van der Waals surface area contributed by atoms with E-state index in [0.29, 0.717) is 25.3 Å². The molecule has 2 N–H and O–H groups in total. The van der Waals surface area contributed by atoms with Gasteiger partial charge in [-0.1, -0.05) is 19.1 Å². The number of amides is 1. The van der Waals surface area contributed by atoms with E-state index in [1.54, 1.807) is 6.07 Å². The Morgan fingerprint density at radius 2 is 1.95 bits per heavy atom. The highest BCUT2D eigenvalue weighted by molar-refractivity contribution is 5.77. The second-order valence-electron chi connectivity index (χ2n) is 5.52. The minimum absolute atomic E-state index is 0.209. The topological polar surface area (TPSA) is 55.8 Å². The molecule has 0 bridgehead atoms. The van der Waals surface area contributed by atoms with Gasteiger partial charge in [0.1, 0.15) is 5.75 Å². The van der Waals surface area contributed by atoms with Gasteiger partial charge >= 0.3 is 0 Å². The normalized spacial score (nSPS) is 16.9. The Morgan fingerprint density at radius 3 is 2.57 bits per heavy atom. The van der Waals surface area contributed by atoms with Gasteiger partial charge in [0.25, 0.3) is 0 Å². The molecule has 5 nitrogen and oxygen atoms in total. The lowest BCUT2D eigenvalue weighted by Gasteiger charge is -2.36. The number of anilines is 1. The van der Waals surface area contributed by atoms with Crippen molar-refractivity contribution in [1.82, 2.24) is 10.2 Å². The molecule has 1 unspecified atom stereocenters. The first-order valence-electron chi connectivity index (χ1n) is 7.66. The summed E-state index contributed by atoms with van der Waals surface area (Å²) in [5, 5.41) is 13.2. The molecule has 1 fully saturated rings. The highest BCUT2D eigenvalue weighted by Crippen LogP contribution is 2.27. The van der Waals surface area contributed by atoms with Crippen LogP contribution in [0.25, 0.3) is 0 Å². The van der Waals surface area contributed by atoms with Gasteiger partial charge in [-0.3, -0.25) is 4.79 Å². The van der Waals surface area contributed by atoms with Crippen LogP contribution >= 0.6 is 0 Å². The zero-order valence-corrected chi connectivity index (χ0v) is 12.9. The van der Waals surface area contributed by atoms with Crippen LogP contribution in [0, 0.1) is 0 Å². The van der Waals surface area contributed by atoms with Gasteiger partial charge < -0.3 is 20.2 Å². The third-order valence-corrected chi connectivity index (χ3v) is 3.89. The average Bonchev–Trinajstić information content (AvgIpc) is 2.48. The SMILES string of the molecule is CCNC(C)CC(=O)N1CCN(c2ccccc2O)CC1. The van der Waals surface area contributed by atoms with E-state index in [1.807, 2.05) is 36.9 Å². The number of nitrogens with zero attached hydrogens (tertiary/aromatic N) is 2. The van der Waals surface area contributed by atoms with E-state index in [1.165, 1.54) is 0 Å². The third-order valence-electron chi connectivity index (χ3n) is 3.89. The van der Waals surface area contributed by atoms with Crippen LogP contribution < -0.4 is 10.2 Å². The van der Waals surface area contributed by atoms with Gasteiger partial charge in [0, 0.05) is 38.6 Å². The summed E-state index contributed by atoms with van der Waals surface area (Å²) in [4.78, 5) is 16.3.